The van der Waals surface area contributed by atoms with E-state index in [9.17, 15) is 0 Å². The van der Waals surface area contributed by atoms with Crippen molar-refractivity contribution in [2.45, 2.75) is 37.6 Å². The molecule has 0 heterocycles. The van der Waals surface area contributed by atoms with Crippen molar-refractivity contribution in [1.82, 2.24) is 0 Å². The van der Waals surface area contributed by atoms with Gasteiger partial charge in [0.15, 0.2) is 6.10 Å². The number of benzene rings is 1. The van der Waals surface area contributed by atoms with E-state index in [-0.39, 0.29) is 6.10 Å². The molecule has 0 amide bonds. The summed E-state index contributed by atoms with van der Waals surface area (Å²) in [5.41, 5.74) is 0. The first kappa shape index (κ1) is 12.4. The average molecular weight is 236 g/mol. The van der Waals surface area contributed by atoms with Crippen molar-refractivity contribution in [2.24, 2.45) is 0 Å². The Balaban J connectivity index is 2.12. The third-order valence-electron chi connectivity index (χ3n) is 3.44. The molecular formula is C14H20O3. The fourth-order valence-electron chi connectivity index (χ4n) is 2.44. The molecule has 1 unspecified atom stereocenters. The van der Waals surface area contributed by atoms with Crippen LogP contribution in [0.25, 0.3) is 0 Å². The fourth-order valence-corrected chi connectivity index (χ4v) is 2.44. The first-order valence-electron chi connectivity index (χ1n) is 6.13. The molecule has 1 fully saturated rings. The molecule has 0 spiro atoms. The molecule has 0 N–H and O–H groups in total. The van der Waals surface area contributed by atoms with Gasteiger partial charge in [0, 0.05) is 20.6 Å². The molecule has 94 valence electrons. The second-order valence-electron chi connectivity index (χ2n) is 4.39. The van der Waals surface area contributed by atoms with E-state index in [1.807, 2.05) is 30.3 Å². The zero-order valence-corrected chi connectivity index (χ0v) is 10.5. The van der Waals surface area contributed by atoms with Gasteiger partial charge < -0.3 is 14.2 Å². The molecule has 17 heavy (non-hydrogen) atoms. The van der Waals surface area contributed by atoms with Crippen molar-refractivity contribution in [3.05, 3.63) is 30.3 Å². The second kappa shape index (κ2) is 5.52. The zero-order chi connectivity index (χ0) is 12.1. The Labute approximate surface area is 103 Å². The molecule has 0 saturated heterocycles. The van der Waals surface area contributed by atoms with E-state index in [4.69, 9.17) is 14.2 Å². The first-order valence-corrected chi connectivity index (χ1v) is 6.13. The highest BCUT2D eigenvalue weighted by atomic mass is 16.7. The summed E-state index contributed by atoms with van der Waals surface area (Å²) in [5.74, 6) is 0.284. The molecule has 1 aromatic carbocycles. The van der Waals surface area contributed by atoms with Crippen LogP contribution in [0.3, 0.4) is 0 Å². The van der Waals surface area contributed by atoms with Crippen LogP contribution in [0, 0.1) is 0 Å². The average Bonchev–Trinajstić information content (AvgIpc) is 2.41. The molecular weight excluding hydrogens is 216 g/mol. The number of rotatable bonds is 4. The highest BCUT2D eigenvalue weighted by Gasteiger charge is 2.43. The van der Waals surface area contributed by atoms with Crippen LogP contribution in [0.5, 0.6) is 5.75 Å². The monoisotopic (exact) mass is 236 g/mol. The molecule has 2 rings (SSSR count). The summed E-state index contributed by atoms with van der Waals surface area (Å²) in [6.07, 6.45) is 4.10. The van der Waals surface area contributed by atoms with Crippen LogP contribution in [0.15, 0.2) is 30.3 Å². The topological polar surface area (TPSA) is 27.7 Å². The second-order valence-corrected chi connectivity index (χ2v) is 4.39. The van der Waals surface area contributed by atoms with Gasteiger partial charge in [-0.15, -0.1) is 0 Å². The van der Waals surface area contributed by atoms with Crippen LogP contribution >= 0.6 is 0 Å². The standard InChI is InChI=1S/C14H20O3/c1-15-14(16-2)11-7-6-10-13(14)17-12-8-4-3-5-9-12/h3-5,8-9,13H,6-7,10-11H2,1-2H3. The Morgan fingerprint density at radius 3 is 2.41 bits per heavy atom. The minimum Gasteiger partial charge on any atom is -0.485 e. The van der Waals surface area contributed by atoms with Gasteiger partial charge in [0.05, 0.1) is 0 Å². The highest BCUT2D eigenvalue weighted by molar-refractivity contribution is 5.21. The lowest BCUT2D eigenvalue weighted by Gasteiger charge is -2.41. The molecule has 0 radical (unpaired) electrons. The van der Waals surface area contributed by atoms with Crippen molar-refractivity contribution in [1.29, 1.82) is 0 Å². The number of ether oxygens (including phenoxy) is 3. The van der Waals surface area contributed by atoms with Crippen LogP contribution in [0.1, 0.15) is 25.7 Å². The third kappa shape index (κ3) is 2.61. The van der Waals surface area contributed by atoms with Crippen LogP contribution in [0.4, 0.5) is 0 Å². The van der Waals surface area contributed by atoms with E-state index in [1.165, 1.54) is 0 Å². The normalized spacial score (nSPS) is 23.3. The van der Waals surface area contributed by atoms with Crippen LogP contribution in [-0.2, 0) is 9.47 Å². The summed E-state index contributed by atoms with van der Waals surface area (Å²) in [4.78, 5) is 0. The summed E-state index contributed by atoms with van der Waals surface area (Å²) in [6.45, 7) is 0. The van der Waals surface area contributed by atoms with Crippen molar-refractivity contribution in [3.8, 4) is 5.75 Å². The van der Waals surface area contributed by atoms with Gasteiger partial charge in [-0.1, -0.05) is 18.2 Å². The van der Waals surface area contributed by atoms with Crippen molar-refractivity contribution >= 4 is 0 Å². The Bertz CT molecular complexity index is 333. The van der Waals surface area contributed by atoms with E-state index in [0.29, 0.717) is 0 Å². The molecule has 1 aromatic rings. The van der Waals surface area contributed by atoms with Crippen LogP contribution in [0.2, 0.25) is 0 Å². The molecule has 3 nitrogen and oxygen atoms in total. The molecule has 3 heteroatoms. The SMILES string of the molecule is COC1(OC)CCCCC1Oc1ccccc1. The molecule has 0 bridgehead atoms. The Hall–Kier alpha value is -1.06. The summed E-state index contributed by atoms with van der Waals surface area (Å²) in [7, 11) is 3.38. The highest BCUT2D eigenvalue weighted by Crippen LogP contribution is 2.34. The lowest BCUT2D eigenvalue weighted by atomic mass is 9.91. The van der Waals surface area contributed by atoms with E-state index >= 15 is 0 Å². The maximum Gasteiger partial charge on any atom is 0.205 e. The quantitative estimate of drug-likeness (QED) is 0.752. The summed E-state index contributed by atoms with van der Waals surface area (Å²) < 4.78 is 17.1. The van der Waals surface area contributed by atoms with Crippen molar-refractivity contribution in [2.75, 3.05) is 14.2 Å². The minimum atomic E-state index is -0.589. The molecule has 0 aliphatic heterocycles. The lowest BCUT2D eigenvalue weighted by Crippen LogP contribution is -2.51. The lowest BCUT2D eigenvalue weighted by molar-refractivity contribution is -0.266. The van der Waals surface area contributed by atoms with Gasteiger partial charge in [0.25, 0.3) is 0 Å². The number of hydrogen-bond donors (Lipinski definition) is 0. The van der Waals surface area contributed by atoms with E-state index in [2.05, 4.69) is 0 Å². The van der Waals surface area contributed by atoms with Crippen molar-refractivity contribution < 1.29 is 14.2 Å². The number of hydrogen-bond acceptors (Lipinski definition) is 3. The van der Waals surface area contributed by atoms with Crippen LogP contribution in [-0.4, -0.2) is 26.1 Å². The minimum absolute atomic E-state index is 0.0337. The predicted octanol–water partition coefficient (Wildman–Crippen LogP) is 3.00. The fraction of sp³-hybridized carbons (Fsp3) is 0.571. The largest absolute Gasteiger partial charge is 0.485 e. The maximum atomic E-state index is 6.00. The molecule has 1 atom stereocenters. The van der Waals surface area contributed by atoms with Gasteiger partial charge in [-0.05, 0) is 31.4 Å². The Morgan fingerprint density at radius 2 is 1.76 bits per heavy atom. The summed E-state index contributed by atoms with van der Waals surface area (Å²) >= 11 is 0. The third-order valence-corrected chi connectivity index (χ3v) is 3.44. The van der Waals surface area contributed by atoms with Gasteiger partial charge in [-0.3, -0.25) is 0 Å². The summed E-state index contributed by atoms with van der Waals surface area (Å²) in [5, 5.41) is 0. The summed E-state index contributed by atoms with van der Waals surface area (Å²) in [6, 6.07) is 9.85. The van der Waals surface area contributed by atoms with Gasteiger partial charge >= 0.3 is 0 Å². The number of methoxy groups -OCH3 is 2. The van der Waals surface area contributed by atoms with Crippen molar-refractivity contribution in [3.63, 3.8) is 0 Å². The Morgan fingerprint density at radius 1 is 1.06 bits per heavy atom. The molecule has 1 aliphatic rings. The van der Waals surface area contributed by atoms with Crippen LogP contribution < -0.4 is 4.74 Å². The first-order chi connectivity index (χ1) is 8.30. The predicted molar refractivity (Wildman–Crippen MR) is 66.1 cm³/mol. The van der Waals surface area contributed by atoms with Gasteiger partial charge in [-0.2, -0.15) is 0 Å². The molecule has 0 aromatic heterocycles. The van der Waals surface area contributed by atoms with E-state index in [0.717, 1.165) is 31.4 Å². The van der Waals surface area contributed by atoms with E-state index < -0.39 is 5.79 Å². The van der Waals surface area contributed by atoms with Gasteiger partial charge in [0.2, 0.25) is 5.79 Å². The van der Waals surface area contributed by atoms with Gasteiger partial charge in [0.1, 0.15) is 5.75 Å². The zero-order valence-electron chi connectivity index (χ0n) is 10.5. The maximum absolute atomic E-state index is 6.00. The smallest absolute Gasteiger partial charge is 0.205 e. The van der Waals surface area contributed by atoms with Gasteiger partial charge in [-0.25, -0.2) is 0 Å². The molecule has 1 aliphatic carbocycles. The van der Waals surface area contributed by atoms with E-state index in [1.54, 1.807) is 14.2 Å². The Kier molecular flexibility index (Phi) is 4.02. The molecule has 1 saturated carbocycles. The number of para-hydroxylation sites is 1.